The summed E-state index contributed by atoms with van der Waals surface area (Å²) in [6.07, 6.45) is 3.69. The molecular formula is C14H17N3O4. The predicted octanol–water partition coefficient (Wildman–Crippen LogP) is -0.0230. The molecule has 1 aliphatic rings. The minimum absolute atomic E-state index is 0.144. The molecule has 0 bridgehead atoms. The van der Waals surface area contributed by atoms with E-state index in [9.17, 15) is 14.4 Å². The third-order valence-corrected chi connectivity index (χ3v) is 3.09. The SMILES string of the molecule is O=C(NCCOCCN1C(=O)CCC1=O)c1ccncc1. The molecule has 21 heavy (non-hydrogen) atoms. The summed E-state index contributed by atoms with van der Waals surface area (Å²) in [5, 5.41) is 2.71. The topological polar surface area (TPSA) is 88.6 Å². The van der Waals surface area contributed by atoms with E-state index >= 15 is 0 Å². The van der Waals surface area contributed by atoms with Gasteiger partial charge in [-0.2, -0.15) is 0 Å². The zero-order valence-electron chi connectivity index (χ0n) is 11.6. The van der Waals surface area contributed by atoms with E-state index in [0.29, 0.717) is 31.6 Å². The van der Waals surface area contributed by atoms with Crippen molar-refractivity contribution in [1.82, 2.24) is 15.2 Å². The maximum Gasteiger partial charge on any atom is 0.251 e. The number of likely N-dealkylation sites (tertiary alicyclic amines) is 1. The van der Waals surface area contributed by atoms with Crippen molar-refractivity contribution in [1.29, 1.82) is 0 Å². The summed E-state index contributed by atoms with van der Waals surface area (Å²) in [6.45, 7) is 1.24. The normalized spacial score (nSPS) is 14.6. The second kappa shape index (κ2) is 7.49. The van der Waals surface area contributed by atoms with Gasteiger partial charge in [-0.1, -0.05) is 0 Å². The van der Waals surface area contributed by atoms with E-state index in [1.807, 2.05) is 0 Å². The zero-order valence-corrected chi connectivity index (χ0v) is 11.6. The van der Waals surface area contributed by atoms with Crippen molar-refractivity contribution in [2.45, 2.75) is 12.8 Å². The Morgan fingerprint density at radius 2 is 1.86 bits per heavy atom. The van der Waals surface area contributed by atoms with Crippen molar-refractivity contribution >= 4 is 17.7 Å². The average Bonchev–Trinajstić information content (AvgIpc) is 2.82. The van der Waals surface area contributed by atoms with Crippen LogP contribution in [0.1, 0.15) is 23.2 Å². The first kappa shape index (κ1) is 15.1. The molecule has 0 saturated carbocycles. The maximum atomic E-state index is 11.7. The first-order valence-electron chi connectivity index (χ1n) is 6.77. The molecule has 0 aliphatic carbocycles. The van der Waals surface area contributed by atoms with Gasteiger partial charge < -0.3 is 10.1 Å². The molecule has 7 heteroatoms. The first-order valence-corrected chi connectivity index (χ1v) is 6.77. The van der Waals surface area contributed by atoms with E-state index in [1.54, 1.807) is 24.5 Å². The van der Waals surface area contributed by atoms with Crippen molar-refractivity contribution in [3.63, 3.8) is 0 Å². The van der Waals surface area contributed by atoms with Crippen LogP contribution >= 0.6 is 0 Å². The van der Waals surface area contributed by atoms with E-state index in [1.165, 1.54) is 4.90 Å². The van der Waals surface area contributed by atoms with Crippen molar-refractivity contribution in [3.05, 3.63) is 30.1 Å². The maximum absolute atomic E-state index is 11.7. The number of carbonyl (C=O) groups excluding carboxylic acids is 3. The molecule has 0 aromatic carbocycles. The summed E-state index contributed by atoms with van der Waals surface area (Å²) >= 11 is 0. The smallest absolute Gasteiger partial charge is 0.251 e. The van der Waals surface area contributed by atoms with Crippen LogP contribution in [0.2, 0.25) is 0 Å². The van der Waals surface area contributed by atoms with Crippen LogP contribution in [0.25, 0.3) is 0 Å². The van der Waals surface area contributed by atoms with E-state index in [0.717, 1.165) is 0 Å². The van der Waals surface area contributed by atoms with E-state index in [4.69, 9.17) is 4.74 Å². The summed E-state index contributed by atoms with van der Waals surface area (Å²) in [7, 11) is 0. The van der Waals surface area contributed by atoms with Gasteiger partial charge in [0.25, 0.3) is 5.91 Å². The fourth-order valence-electron chi connectivity index (χ4n) is 1.97. The van der Waals surface area contributed by atoms with Crippen LogP contribution in [0.5, 0.6) is 0 Å². The summed E-state index contributed by atoms with van der Waals surface area (Å²) in [6, 6.07) is 3.25. The van der Waals surface area contributed by atoms with Gasteiger partial charge in [-0.15, -0.1) is 0 Å². The van der Waals surface area contributed by atoms with Crippen LogP contribution in [0.15, 0.2) is 24.5 Å². The third kappa shape index (κ3) is 4.35. The number of carbonyl (C=O) groups is 3. The van der Waals surface area contributed by atoms with Crippen molar-refractivity contribution in [3.8, 4) is 0 Å². The molecule has 0 unspecified atom stereocenters. The number of aromatic nitrogens is 1. The molecule has 2 heterocycles. The van der Waals surface area contributed by atoms with Crippen LogP contribution in [-0.4, -0.2) is 53.9 Å². The Balaban J connectivity index is 1.57. The van der Waals surface area contributed by atoms with E-state index in [-0.39, 0.29) is 30.9 Å². The van der Waals surface area contributed by atoms with Crippen LogP contribution in [0.4, 0.5) is 0 Å². The van der Waals surface area contributed by atoms with Crippen molar-refractivity contribution in [2.24, 2.45) is 0 Å². The number of nitrogens with one attached hydrogen (secondary N) is 1. The van der Waals surface area contributed by atoms with Crippen LogP contribution in [0, 0.1) is 0 Å². The van der Waals surface area contributed by atoms with Gasteiger partial charge in [0, 0.05) is 37.3 Å². The minimum atomic E-state index is -0.189. The number of hydrogen-bond donors (Lipinski definition) is 1. The molecule has 1 N–H and O–H groups in total. The highest BCUT2D eigenvalue weighted by atomic mass is 16.5. The Bertz CT molecular complexity index is 502. The lowest BCUT2D eigenvalue weighted by atomic mass is 10.2. The van der Waals surface area contributed by atoms with Gasteiger partial charge in [0.05, 0.1) is 19.8 Å². The largest absolute Gasteiger partial charge is 0.378 e. The third-order valence-electron chi connectivity index (χ3n) is 3.09. The molecule has 3 amide bonds. The molecule has 1 aromatic heterocycles. The van der Waals surface area contributed by atoms with Crippen LogP contribution in [-0.2, 0) is 14.3 Å². The molecule has 0 spiro atoms. The summed E-state index contributed by atoms with van der Waals surface area (Å²) in [5.74, 6) is -0.477. The molecule has 0 atom stereocenters. The van der Waals surface area contributed by atoms with Crippen molar-refractivity contribution < 1.29 is 19.1 Å². The lowest BCUT2D eigenvalue weighted by Crippen LogP contribution is -2.33. The number of amides is 3. The van der Waals surface area contributed by atoms with Gasteiger partial charge in [0.1, 0.15) is 0 Å². The molecule has 112 valence electrons. The summed E-state index contributed by atoms with van der Waals surface area (Å²) in [5.41, 5.74) is 0.540. The Hall–Kier alpha value is -2.28. The van der Waals surface area contributed by atoms with Gasteiger partial charge in [0.15, 0.2) is 0 Å². The number of nitrogens with zero attached hydrogens (tertiary/aromatic N) is 2. The highest BCUT2D eigenvalue weighted by Crippen LogP contribution is 2.10. The second-order valence-electron chi connectivity index (χ2n) is 4.54. The number of pyridine rings is 1. The van der Waals surface area contributed by atoms with Gasteiger partial charge in [-0.25, -0.2) is 0 Å². The van der Waals surface area contributed by atoms with Gasteiger partial charge in [-0.3, -0.25) is 24.3 Å². The average molecular weight is 291 g/mol. The lowest BCUT2D eigenvalue weighted by Gasteiger charge is -2.13. The standard InChI is InChI=1S/C14H17N3O4/c18-12-1-2-13(19)17(12)8-10-21-9-7-16-14(20)11-3-5-15-6-4-11/h3-6H,1-2,7-10H2,(H,16,20). The number of hydrogen-bond acceptors (Lipinski definition) is 5. The monoisotopic (exact) mass is 291 g/mol. The van der Waals surface area contributed by atoms with E-state index < -0.39 is 0 Å². The number of rotatable bonds is 7. The minimum Gasteiger partial charge on any atom is -0.378 e. The highest BCUT2D eigenvalue weighted by molar-refractivity contribution is 6.01. The predicted molar refractivity (Wildman–Crippen MR) is 73.3 cm³/mol. The Kier molecular flexibility index (Phi) is 5.39. The molecule has 1 saturated heterocycles. The lowest BCUT2D eigenvalue weighted by molar-refractivity contribution is -0.139. The molecule has 1 aromatic rings. The Morgan fingerprint density at radius 3 is 2.52 bits per heavy atom. The number of imide groups is 1. The van der Waals surface area contributed by atoms with Gasteiger partial charge in [-0.05, 0) is 12.1 Å². The fraction of sp³-hybridized carbons (Fsp3) is 0.429. The summed E-state index contributed by atoms with van der Waals surface area (Å²) < 4.78 is 5.31. The van der Waals surface area contributed by atoms with Crippen LogP contribution in [0.3, 0.4) is 0 Å². The van der Waals surface area contributed by atoms with Gasteiger partial charge in [0.2, 0.25) is 11.8 Å². The van der Waals surface area contributed by atoms with Crippen LogP contribution < -0.4 is 5.32 Å². The molecule has 2 rings (SSSR count). The van der Waals surface area contributed by atoms with Gasteiger partial charge >= 0.3 is 0 Å². The highest BCUT2D eigenvalue weighted by Gasteiger charge is 2.28. The fourth-order valence-corrected chi connectivity index (χ4v) is 1.97. The summed E-state index contributed by atoms with van der Waals surface area (Å²) in [4.78, 5) is 39.4. The second-order valence-corrected chi connectivity index (χ2v) is 4.54. The molecule has 7 nitrogen and oxygen atoms in total. The molecule has 1 fully saturated rings. The Morgan fingerprint density at radius 1 is 1.19 bits per heavy atom. The number of ether oxygens (including phenoxy) is 1. The first-order chi connectivity index (χ1) is 10.2. The van der Waals surface area contributed by atoms with Crippen molar-refractivity contribution in [2.75, 3.05) is 26.3 Å². The zero-order chi connectivity index (χ0) is 15.1. The molecule has 1 aliphatic heterocycles. The Labute approximate surface area is 122 Å². The van der Waals surface area contributed by atoms with E-state index in [2.05, 4.69) is 10.3 Å². The quantitative estimate of drug-likeness (QED) is 0.563. The molecule has 0 radical (unpaired) electrons. The molecular weight excluding hydrogens is 274 g/mol.